The summed E-state index contributed by atoms with van der Waals surface area (Å²) >= 11 is 3.45. The van der Waals surface area contributed by atoms with Crippen molar-refractivity contribution in [1.29, 1.82) is 0 Å². The van der Waals surface area contributed by atoms with Crippen LogP contribution in [0.15, 0.2) is 82.2 Å². The summed E-state index contributed by atoms with van der Waals surface area (Å²) < 4.78 is 40.5. The lowest BCUT2D eigenvalue weighted by molar-refractivity contribution is -0.139. The van der Waals surface area contributed by atoms with Crippen molar-refractivity contribution < 1.29 is 27.5 Å². The molecule has 2 atom stereocenters. The first-order chi connectivity index (χ1) is 19.5. The van der Waals surface area contributed by atoms with Gasteiger partial charge in [-0.15, -0.1) is 0 Å². The second-order valence-electron chi connectivity index (χ2n) is 9.50. The third-order valence-electron chi connectivity index (χ3n) is 6.69. The van der Waals surface area contributed by atoms with Gasteiger partial charge >= 0.3 is 0 Å². The molecule has 0 aliphatic heterocycles. The Morgan fingerprint density at radius 2 is 1.63 bits per heavy atom. The number of carbonyl (C=O) groups is 2. The predicted octanol–water partition coefficient (Wildman–Crippen LogP) is 4.99. The van der Waals surface area contributed by atoms with Gasteiger partial charge in [0.15, 0.2) is 0 Å². The molecule has 0 aromatic heterocycles. The minimum absolute atomic E-state index is 0.0295. The van der Waals surface area contributed by atoms with Gasteiger partial charge in [0.25, 0.3) is 10.0 Å². The lowest BCUT2D eigenvalue weighted by atomic mass is 10.1. The van der Waals surface area contributed by atoms with Gasteiger partial charge in [0.2, 0.25) is 11.8 Å². The number of rotatable bonds is 13. The van der Waals surface area contributed by atoms with Crippen molar-refractivity contribution in [2.24, 2.45) is 0 Å². The van der Waals surface area contributed by atoms with E-state index in [1.165, 1.54) is 43.4 Å². The first-order valence-electron chi connectivity index (χ1n) is 13.2. The fourth-order valence-corrected chi connectivity index (χ4v) is 5.98. The zero-order chi connectivity index (χ0) is 30.2. The maximum atomic E-state index is 14.1. The Labute approximate surface area is 250 Å². The molecular weight excluding hydrogens is 610 g/mol. The molecule has 0 saturated heterocycles. The molecule has 220 valence electrons. The van der Waals surface area contributed by atoms with Gasteiger partial charge in [0.1, 0.15) is 24.1 Å². The summed E-state index contributed by atoms with van der Waals surface area (Å²) in [5, 5.41) is 2.93. The van der Waals surface area contributed by atoms with Gasteiger partial charge in [-0.25, -0.2) is 8.42 Å². The van der Waals surface area contributed by atoms with Crippen molar-refractivity contribution >= 4 is 43.5 Å². The third kappa shape index (κ3) is 8.01. The molecule has 1 N–H and O–H groups in total. The first kappa shape index (κ1) is 32.0. The zero-order valence-corrected chi connectivity index (χ0v) is 26.2. The smallest absolute Gasteiger partial charge is 0.264 e. The average molecular weight is 647 g/mol. The zero-order valence-electron chi connectivity index (χ0n) is 23.8. The molecule has 0 fully saturated rings. The van der Waals surface area contributed by atoms with Gasteiger partial charge in [-0.05, 0) is 74.4 Å². The Kier molecular flexibility index (Phi) is 11.2. The molecule has 9 nitrogen and oxygen atoms in total. The van der Waals surface area contributed by atoms with Gasteiger partial charge in [0.05, 0.1) is 24.8 Å². The monoisotopic (exact) mass is 645 g/mol. The van der Waals surface area contributed by atoms with Crippen LogP contribution in [0.25, 0.3) is 0 Å². The van der Waals surface area contributed by atoms with Crippen molar-refractivity contribution in [3.8, 4) is 11.5 Å². The Bertz CT molecular complexity index is 1450. The molecule has 0 spiro atoms. The van der Waals surface area contributed by atoms with Crippen molar-refractivity contribution in [3.63, 3.8) is 0 Å². The highest BCUT2D eigenvalue weighted by Gasteiger charge is 2.34. The number of para-hydroxylation sites is 2. The first-order valence-corrected chi connectivity index (χ1v) is 15.4. The van der Waals surface area contributed by atoms with Crippen LogP contribution in [0.3, 0.4) is 0 Å². The fraction of sp³-hybridized carbons (Fsp3) is 0.333. The average Bonchev–Trinajstić information content (AvgIpc) is 2.98. The number of methoxy groups -OCH3 is 2. The van der Waals surface area contributed by atoms with Gasteiger partial charge in [0, 0.05) is 17.1 Å². The highest BCUT2D eigenvalue weighted by atomic mass is 79.9. The molecule has 3 rings (SSSR count). The normalized spacial score (nSPS) is 12.6. The summed E-state index contributed by atoms with van der Waals surface area (Å²) in [6, 6.07) is 18.9. The van der Waals surface area contributed by atoms with Crippen molar-refractivity contribution in [2.75, 3.05) is 25.1 Å². The van der Waals surface area contributed by atoms with E-state index >= 15 is 0 Å². The van der Waals surface area contributed by atoms with Crippen LogP contribution in [0.1, 0.15) is 32.8 Å². The van der Waals surface area contributed by atoms with Crippen LogP contribution in [0, 0.1) is 0 Å². The summed E-state index contributed by atoms with van der Waals surface area (Å²) in [5.74, 6) is -0.118. The Morgan fingerprint density at radius 3 is 2.24 bits per heavy atom. The minimum atomic E-state index is -4.25. The van der Waals surface area contributed by atoms with E-state index in [4.69, 9.17) is 9.47 Å². The predicted molar refractivity (Wildman–Crippen MR) is 163 cm³/mol. The van der Waals surface area contributed by atoms with Gasteiger partial charge in [-0.3, -0.25) is 13.9 Å². The molecule has 41 heavy (non-hydrogen) atoms. The number of anilines is 1. The number of sulfonamides is 1. The van der Waals surface area contributed by atoms with Crippen LogP contribution >= 0.6 is 15.9 Å². The number of hydrogen-bond donors (Lipinski definition) is 1. The van der Waals surface area contributed by atoms with E-state index in [0.717, 1.165) is 20.8 Å². The highest BCUT2D eigenvalue weighted by molar-refractivity contribution is 9.10. The summed E-state index contributed by atoms with van der Waals surface area (Å²) in [6.45, 7) is 5.00. The van der Waals surface area contributed by atoms with E-state index in [1.54, 1.807) is 31.2 Å². The van der Waals surface area contributed by atoms with Gasteiger partial charge in [-0.1, -0.05) is 47.1 Å². The number of nitrogens with one attached hydrogen (secondary N) is 1. The van der Waals surface area contributed by atoms with E-state index in [9.17, 15) is 18.0 Å². The van der Waals surface area contributed by atoms with Crippen molar-refractivity contribution in [3.05, 3.63) is 82.8 Å². The molecule has 0 unspecified atom stereocenters. The van der Waals surface area contributed by atoms with Crippen LogP contribution in [-0.2, 0) is 26.2 Å². The molecule has 3 aromatic carbocycles. The Hall–Kier alpha value is -3.57. The third-order valence-corrected chi connectivity index (χ3v) is 8.96. The quantitative estimate of drug-likeness (QED) is 0.281. The topological polar surface area (TPSA) is 105 Å². The lowest BCUT2D eigenvalue weighted by Gasteiger charge is -2.32. The standard InChI is InChI=1S/C30H36BrN3O6S/c1-6-21(2)32-30(36)22(3)33(19-23-10-9-11-24(31)18-23)29(35)20-34(27-12-7-8-13-28(27)40-5)41(37,38)26-16-14-25(39-4)15-17-26/h7-18,21-22H,6,19-20H2,1-5H3,(H,32,36)/t21-,22-/m1/s1. The number of amides is 2. The maximum absolute atomic E-state index is 14.1. The van der Waals surface area contributed by atoms with E-state index in [0.29, 0.717) is 5.75 Å². The molecule has 0 heterocycles. The summed E-state index contributed by atoms with van der Waals surface area (Å²) in [7, 11) is -1.33. The van der Waals surface area contributed by atoms with Gasteiger partial charge < -0.3 is 19.7 Å². The molecule has 0 aliphatic carbocycles. The highest BCUT2D eigenvalue weighted by Crippen LogP contribution is 2.33. The summed E-state index contributed by atoms with van der Waals surface area (Å²) in [4.78, 5) is 28.6. The molecule has 0 radical (unpaired) electrons. The Morgan fingerprint density at radius 1 is 0.951 bits per heavy atom. The van der Waals surface area contributed by atoms with E-state index in [-0.39, 0.29) is 34.8 Å². The van der Waals surface area contributed by atoms with Crippen LogP contribution in [0.5, 0.6) is 11.5 Å². The number of halogens is 1. The Balaban J connectivity index is 2.07. The number of carbonyl (C=O) groups excluding carboxylic acids is 2. The number of benzene rings is 3. The van der Waals surface area contributed by atoms with Crippen LogP contribution < -0.4 is 19.1 Å². The number of nitrogens with zero attached hydrogens (tertiary/aromatic N) is 2. The molecule has 0 bridgehead atoms. The SMILES string of the molecule is CC[C@@H](C)NC(=O)[C@@H](C)N(Cc1cccc(Br)c1)C(=O)CN(c1ccccc1OC)S(=O)(=O)c1ccc(OC)cc1. The molecule has 0 aliphatic rings. The second kappa shape index (κ2) is 14.4. The molecule has 11 heteroatoms. The summed E-state index contributed by atoms with van der Waals surface area (Å²) in [5.41, 5.74) is 0.969. The molecule has 0 saturated carbocycles. The van der Waals surface area contributed by atoms with E-state index in [1.807, 2.05) is 38.1 Å². The van der Waals surface area contributed by atoms with E-state index in [2.05, 4.69) is 21.2 Å². The summed E-state index contributed by atoms with van der Waals surface area (Å²) in [6.07, 6.45) is 0.722. The van der Waals surface area contributed by atoms with Crippen LogP contribution in [0.2, 0.25) is 0 Å². The van der Waals surface area contributed by atoms with Crippen molar-refractivity contribution in [1.82, 2.24) is 10.2 Å². The van der Waals surface area contributed by atoms with Gasteiger partial charge in [-0.2, -0.15) is 0 Å². The lowest BCUT2D eigenvalue weighted by Crippen LogP contribution is -2.52. The van der Waals surface area contributed by atoms with Crippen molar-refractivity contribution in [2.45, 2.75) is 50.7 Å². The second-order valence-corrected chi connectivity index (χ2v) is 12.3. The van der Waals surface area contributed by atoms with Crippen LogP contribution in [-0.4, -0.2) is 58.0 Å². The molecular formula is C30H36BrN3O6S. The molecule has 3 aromatic rings. The van der Waals surface area contributed by atoms with E-state index < -0.39 is 28.5 Å². The maximum Gasteiger partial charge on any atom is 0.264 e. The minimum Gasteiger partial charge on any atom is -0.497 e. The number of ether oxygens (including phenoxy) is 2. The molecule has 2 amide bonds. The fourth-order valence-electron chi connectivity index (χ4n) is 4.10. The largest absolute Gasteiger partial charge is 0.497 e. The number of hydrogen-bond acceptors (Lipinski definition) is 6. The van der Waals surface area contributed by atoms with Crippen LogP contribution in [0.4, 0.5) is 5.69 Å².